The average molecular weight is 339 g/mol. The molecule has 5 heteroatoms. The van der Waals surface area contributed by atoms with Gasteiger partial charge in [0.05, 0.1) is 12.2 Å². The van der Waals surface area contributed by atoms with Crippen molar-refractivity contribution < 1.29 is 9.18 Å². The van der Waals surface area contributed by atoms with Crippen molar-refractivity contribution in [2.45, 2.75) is 43.7 Å². The summed E-state index contributed by atoms with van der Waals surface area (Å²) in [5.41, 5.74) is 1.78. The molecule has 1 aromatic heterocycles. The average Bonchev–Trinajstić information content (AvgIpc) is 3.54. The Balaban J connectivity index is 1.40. The van der Waals surface area contributed by atoms with E-state index in [-0.39, 0.29) is 17.3 Å². The molecule has 25 heavy (non-hydrogen) atoms. The van der Waals surface area contributed by atoms with Crippen LogP contribution < -0.4 is 5.32 Å². The molecule has 0 unspecified atom stereocenters. The largest absolute Gasteiger partial charge is 0.337 e. The number of nitrogens with one attached hydrogen (secondary N) is 1. The van der Waals surface area contributed by atoms with Gasteiger partial charge in [0.15, 0.2) is 0 Å². The van der Waals surface area contributed by atoms with Crippen LogP contribution in [-0.4, -0.2) is 28.5 Å². The number of hydrogen-bond acceptors (Lipinski definition) is 2. The molecule has 2 aromatic rings. The summed E-state index contributed by atoms with van der Waals surface area (Å²) in [6.45, 7) is 1.09. The lowest BCUT2D eigenvalue weighted by Gasteiger charge is -2.24. The zero-order valence-electron chi connectivity index (χ0n) is 14.1. The van der Waals surface area contributed by atoms with E-state index in [1.165, 1.54) is 6.07 Å². The van der Waals surface area contributed by atoms with Crippen molar-refractivity contribution in [1.29, 1.82) is 0 Å². The van der Waals surface area contributed by atoms with Gasteiger partial charge in [-0.05, 0) is 55.5 Å². The second kappa shape index (κ2) is 6.47. The number of amides is 2. The fourth-order valence-electron chi connectivity index (χ4n) is 3.30. The van der Waals surface area contributed by atoms with E-state index in [1.807, 2.05) is 29.2 Å². The number of carbonyl (C=O) groups is 1. The van der Waals surface area contributed by atoms with Gasteiger partial charge in [0, 0.05) is 24.2 Å². The van der Waals surface area contributed by atoms with E-state index in [1.54, 1.807) is 18.3 Å². The summed E-state index contributed by atoms with van der Waals surface area (Å²) in [7, 11) is 0. The SMILES string of the molecule is O=C(NCC1(c2cccc(F)c2)CC1)N(Cc1ccccn1)C1CC1. The highest BCUT2D eigenvalue weighted by Gasteiger charge is 2.45. The molecule has 0 saturated heterocycles. The maximum atomic E-state index is 13.5. The summed E-state index contributed by atoms with van der Waals surface area (Å²) in [4.78, 5) is 18.9. The molecule has 2 fully saturated rings. The van der Waals surface area contributed by atoms with Crippen LogP contribution in [0.2, 0.25) is 0 Å². The summed E-state index contributed by atoms with van der Waals surface area (Å²) in [5, 5.41) is 3.08. The Kier molecular flexibility index (Phi) is 4.15. The van der Waals surface area contributed by atoms with Gasteiger partial charge in [0.1, 0.15) is 5.82 Å². The van der Waals surface area contributed by atoms with Gasteiger partial charge < -0.3 is 10.2 Å². The Labute approximate surface area is 147 Å². The number of nitrogens with zero attached hydrogens (tertiary/aromatic N) is 2. The number of pyridine rings is 1. The Bertz CT molecular complexity index is 757. The van der Waals surface area contributed by atoms with E-state index in [2.05, 4.69) is 10.3 Å². The summed E-state index contributed by atoms with van der Waals surface area (Å²) < 4.78 is 13.5. The molecule has 0 spiro atoms. The lowest BCUT2D eigenvalue weighted by Crippen LogP contribution is -2.43. The van der Waals surface area contributed by atoms with Crippen LogP contribution in [-0.2, 0) is 12.0 Å². The van der Waals surface area contributed by atoms with E-state index in [9.17, 15) is 9.18 Å². The lowest BCUT2D eigenvalue weighted by molar-refractivity contribution is 0.190. The predicted octanol–water partition coefficient (Wildman–Crippen LogP) is 3.63. The Morgan fingerprint density at radius 3 is 2.72 bits per heavy atom. The molecule has 2 aliphatic carbocycles. The number of benzene rings is 1. The van der Waals surface area contributed by atoms with Gasteiger partial charge in [-0.3, -0.25) is 4.98 Å². The van der Waals surface area contributed by atoms with Crippen molar-refractivity contribution in [2.24, 2.45) is 0 Å². The zero-order valence-corrected chi connectivity index (χ0v) is 14.1. The normalized spacial score (nSPS) is 17.8. The predicted molar refractivity (Wildman–Crippen MR) is 93.5 cm³/mol. The van der Waals surface area contributed by atoms with Crippen LogP contribution in [0.1, 0.15) is 36.9 Å². The van der Waals surface area contributed by atoms with E-state index < -0.39 is 0 Å². The fourth-order valence-corrected chi connectivity index (χ4v) is 3.30. The van der Waals surface area contributed by atoms with E-state index in [0.29, 0.717) is 19.1 Å². The monoisotopic (exact) mass is 339 g/mol. The molecule has 2 aliphatic rings. The van der Waals surface area contributed by atoms with Crippen LogP contribution >= 0.6 is 0 Å². The molecule has 1 heterocycles. The molecular weight excluding hydrogens is 317 g/mol. The molecule has 2 saturated carbocycles. The number of aromatic nitrogens is 1. The molecule has 4 rings (SSSR count). The van der Waals surface area contributed by atoms with Crippen molar-refractivity contribution in [3.63, 3.8) is 0 Å². The first kappa shape index (κ1) is 16.1. The van der Waals surface area contributed by atoms with Gasteiger partial charge in [-0.1, -0.05) is 18.2 Å². The third-order valence-corrected chi connectivity index (χ3v) is 5.18. The Morgan fingerprint density at radius 1 is 1.24 bits per heavy atom. The van der Waals surface area contributed by atoms with Crippen molar-refractivity contribution in [2.75, 3.05) is 6.54 Å². The minimum Gasteiger partial charge on any atom is -0.337 e. The van der Waals surface area contributed by atoms with Crippen molar-refractivity contribution in [3.8, 4) is 0 Å². The topological polar surface area (TPSA) is 45.2 Å². The Morgan fingerprint density at radius 2 is 2.08 bits per heavy atom. The summed E-state index contributed by atoms with van der Waals surface area (Å²) in [6.07, 6.45) is 5.83. The van der Waals surface area contributed by atoms with Crippen molar-refractivity contribution in [1.82, 2.24) is 15.2 Å². The summed E-state index contributed by atoms with van der Waals surface area (Å²) in [6, 6.07) is 12.8. The van der Waals surface area contributed by atoms with E-state index in [0.717, 1.165) is 36.9 Å². The second-order valence-electron chi connectivity index (χ2n) is 7.13. The Hall–Kier alpha value is -2.43. The number of hydrogen-bond donors (Lipinski definition) is 1. The third kappa shape index (κ3) is 3.65. The van der Waals surface area contributed by atoms with Crippen molar-refractivity contribution in [3.05, 3.63) is 65.7 Å². The lowest BCUT2D eigenvalue weighted by atomic mass is 9.96. The second-order valence-corrected chi connectivity index (χ2v) is 7.13. The maximum Gasteiger partial charge on any atom is 0.318 e. The third-order valence-electron chi connectivity index (χ3n) is 5.18. The van der Waals surface area contributed by atoms with Crippen LogP contribution in [0.25, 0.3) is 0 Å². The zero-order chi connectivity index (χ0) is 17.3. The molecule has 4 nitrogen and oxygen atoms in total. The fraction of sp³-hybridized carbons (Fsp3) is 0.400. The molecular formula is C20H22FN3O. The number of halogens is 1. The van der Waals surface area contributed by atoms with Crippen LogP contribution in [0.3, 0.4) is 0 Å². The smallest absolute Gasteiger partial charge is 0.318 e. The minimum atomic E-state index is -0.218. The molecule has 0 radical (unpaired) electrons. The summed E-state index contributed by atoms with van der Waals surface area (Å²) >= 11 is 0. The van der Waals surface area contributed by atoms with E-state index >= 15 is 0 Å². The van der Waals surface area contributed by atoms with Crippen LogP contribution in [0.4, 0.5) is 9.18 Å². The maximum absolute atomic E-state index is 13.5. The van der Waals surface area contributed by atoms with Gasteiger partial charge in [-0.2, -0.15) is 0 Å². The molecule has 130 valence electrons. The highest BCUT2D eigenvalue weighted by molar-refractivity contribution is 5.75. The van der Waals surface area contributed by atoms with Gasteiger partial charge in [-0.15, -0.1) is 0 Å². The number of carbonyl (C=O) groups excluding carboxylic acids is 1. The first-order valence-corrected chi connectivity index (χ1v) is 8.87. The highest BCUT2D eigenvalue weighted by Crippen LogP contribution is 2.47. The van der Waals surface area contributed by atoms with Gasteiger partial charge >= 0.3 is 6.03 Å². The molecule has 0 atom stereocenters. The van der Waals surface area contributed by atoms with Gasteiger partial charge in [-0.25, -0.2) is 9.18 Å². The van der Waals surface area contributed by atoms with Crippen LogP contribution in [0, 0.1) is 5.82 Å². The standard InChI is InChI=1S/C20H22FN3O/c21-16-5-3-4-15(12-16)20(9-10-20)14-23-19(25)24(18-7-8-18)13-17-6-1-2-11-22-17/h1-6,11-12,18H,7-10,13-14H2,(H,23,25). The number of rotatable bonds is 6. The highest BCUT2D eigenvalue weighted by atomic mass is 19.1. The van der Waals surface area contributed by atoms with Gasteiger partial charge in [0.25, 0.3) is 0 Å². The molecule has 0 aliphatic heterocycles. The van der Waals surface area contributed by atoms with Crippen LogP contribution in [0.15, 0.2) is 48.7 Å². The summed E-state index contributed by atoms with van der Waals surface area (Å²) in [5.74, 6) is -0.218. The minimum absolute atomic E-state index is 0.0455. The van der Waals surface area contributed by atoms with Crippen molar-refractivity contribution >= 4 is 6.03 Å². The van der Waals surface area contributed by atoms with E-state index in [4.69, 9.17) is 0 Å². The molecule has 1 aromatic carbocycles. The van der Waals surface area contributed by atoms with Crippen LogP contribution in [0.5, 0.6) is 0 Å². The number of urea groups is 1. The quantitative estimate of drug-likeness (QED) is 0.873. The molecule has 0 bridgehead atoms. The molecule has 1 N–H and O–H groups in total. The van der Waals surface area contributed by atoms with Gasteiger partial charge in [0.2, 0.25) is 0 Å². The molecule has 2 amide bonds. The first-order valence-electron chi connectivity index (χ1n) is 8.87. The first-order chi connectivity index (χ1) is 12.2.